The van der Waals surface area contributed by atoms with Gasteiger partial charge in [-0.15, -0.1) is 11.3 Å². The lowest BCUT2D eigenvalue weighted by Gasteiger charge is -2.18. The normalized spacial score (nSPS) is 17.8. The minimum Gasteiger partial charge on any atom is -0.339 e. The van der Waals surface area contributed by atoms with Gasteiger partial charge in [0.05, 0.1) is 4.88 Å². The zero-order chi connectivity index (χ0) is 15.7. The first-order chi connectivity index (χ1) is 10.6. The van der Waals surface area contributed by atoms with Gasteiger partial charge < -0.3 is 10.2 Å². The van der Waals surface area contributed by atoms with E-state index in [0.717, 1.165) is 11.3 Å². The van der Waals surface area contributed by atoms with Crippen LogP contribution < -0.4 is 10.2 Å². The number of thiophene rings is 1. The molecular formula is C17H18N2O2S. The van der Waals surface area contributed by atoms with Crippen LogP contribution in [0.1, 0.15) is 27.2 Å². The number of aryl methyl sites for hydroxylation is 2. The zero-order valence-corrected chi connectivity index (χ0v) is 13.4. The standard InChI is InChI=1S/C17H18N2O2S/c1-11-5-6-13(10-12(11)2)19-8-7-14(17(19)21)18-16(20)15-4-3-9-22-15/h3-6,9-10,14H,7-8H2,1-2H3,(H,18,20)/t14-/m1/s1. The van der Waals surface area contributed by atoms with Crippen molar-refractivity contribution in [1.29, 1.82) is 0 Å². The molecule has 1 N–H and O–H groups in total. The first-order valence-electron chi connectivity index (χ1n) is 7.29. The van der Waals surface area contributed by atoms with Crippen LogP contribution in [0.3, 0.4) is 0 Å². The molecule has 0 bridgehead atoms. The Morgan fingerprint density at radius 3 is 2.77 bits per heavy atom. The Morgan fingerprint density at radius 1 is 1.27 bits per heavy atom. The minimum atomic E-state index is -0.434. The van der Waals surface area contributed by atoms with Crippen molar-refractivity contribution in [2.45, 2.75) is 26.3 Å². The van der Waals surface area contributed by atoms with Crippen LogP contribution in [-0.4, -0.2) is 24.4 Å². The Labute approximate surface area is 133 Å². The molecule has 1 fully saturated rings. The van der Waals surface area contributed by atoms with Gasteiger partial charge >= 0.3 is 0 Å². The summed E-state index contributed by atoms with van der Waals surface area (Å²) in [4.78, 5) is 27.0. The molecule has 0 radical (unpaired) electrons. The van der Waals surface area contributed by atoms with Crippen LogP contribution in [-0.2, 0) is 4.79 Å². The van der Waals surface area contributed by atoms with Gasteiger partial charge in [-0.05, 0) is 55.0 Å². The first-order valence-corrected chi connectivity index (χ1v) is 8.17. The summed E-state index contributed by atoms with van der Waals surface area (Å²) in [6.07, 6.45) is 0.642. The van der Waals surface area contributed by atoms with Crippen LogP contribution in [0.25, 0.3) is 0 Å². The van der Waals surface area contributed by atoms with E-state index in [9.17, 15) is 9.59 Å². The highest BCUT2D eigenvalue weighted by molar-refractivity contribution is 7.12. The topological polar surface area (TPSA) is 49.4 Å². The second kappa shape index (κ2) is 5.93. The largest absolute Gasteiger partial charge is 0.339 e. The third-order valence-corrected chi connectivity index (χ3v) is 4.93. The maximum atomic E-state index is 12.5. The van der Waals surface area contributed by atoms with Crippen molar-refractivity contribution in [3.8, 4) is 0 Å². The lowest BCUT2D eigenvalue weighted by atomic mass is 10.1. The summed E-state index contributed by atoms with van der Waals surface area (Å²) < 4.78 is 0. The molecule has 1 aromatic carbocycles. The molecule has 3 rings (SSSR count). The lowest BCUT2D eigenvalue weighted by Crippen LogP contribution is -2.41. The van der Waals surface area contributed by atoms with Crippen molar-refractivity contribution in [1.82, 2.24) is 5.32 Å². The molecule has 0 spiro atoms. The third kappa shape index (κ3) is 2.76. The fourth-order valence-corrected chi connectivity index (χ4v) is 3.23. The number of carbonyl (C=O) groups excluding carboxylic acids is 2. The van der Waals surface area contributed by atoms with Gasteiger partial charge in [0, 0.05) is 12.2 Å². The maximum absolute atomic E-state index is 12.5. The Balaban J connectivity index is 1.72. The maximum Gasteiger partial charge on any atom is 0.261 e. The molecule has 2 heterocycles. The molecule has 0 aliphatic carbocycles. The second-order valence-electron chi connectivity index (χ2n) is 5.55. The molecule has 0 saturated carbocycles. The van der Waals surface area contributed by atoms with Crippen molar-refractivity contribution in [2.75, 3.05) is 11.4 Å². The Morgan fingerprint density at radius 2 is 2.09 bits per heavy atom. The number of carbonyl (C=O) groups is 2. The molecule has 2 aromatic rings. The van der Waals surface area contributed by atoms with E-state index in [4.69, 9.17) is 0 Å². The number of benzene rings is 1. The predicted octanol–water partition coefficient (Wildman–Crippen LogP) is 2.90. The first kappa shape index (κ1) is 14.8. The molecule has 1 aliphatic rings. The highest BCUT2D eigenvalue weighted by Crippen LogP contribution is 2.24. The minimum absolute atomic E-state index is 0.0341. The Kier molecular flexibility index (Phi) is 3.98. The van der Waals surface area contributed by atoms with E-state index in [1.807, 2.05) is 36.6 Å². The predicted molar refractivity (Wildman–Crippen MR) is 88.5 cm³/mol. The van der Waals surface area contributed by atoms with E-state index >= 15 is 0 Å². The van der Waals surface area contributed by atoms with Crippen LogP contribution in [0.2, 0.25) is 0 Å². The molecule has 1 atom stereocenters. The molecule has 2 amide bonds. The number of nitrogens with zero attached hydrogens (tertiary/aromatic N) is 1. The van der Waals surface area contributed by atoms with Crippen LogP contribution in [0.5, 0.6) is 0 Å². The van der Waals surface area contributed by atoms with E-state index in [0.29, 0.717) is 17.8 Å². The second-order valence-corrected chi connectivity index (χ2v) is 6.50. The summed E-state index contributed by atoms with van der Waals surface area (Å²) in [6, 6.07) is 9.17. The molecule has 22 heavy (non-hydrogen) atoms. The van der Waals surface area contributed by atoms with Crippen molar-refractivity contribution in [3.63, 3.8) is 0 Å². The molecule has 5 heteroatoms. The summed E-state index contributed by atoms with van der Waals surface area (Å²) in [5.41, 5.74) is 3.27. The van der Waals surface area contributed by atoms with E-state index in [1.54, 1.807) is 11.0 Å². The molecule has 4 nitrogen and oxygen atoms in total. The van der Waals surface area contributed by atoms with Gasteiger partial charge in [0.1, 0.15) is 6.04 Å². The number of rotatable bonds is 3. The third-order valence-electron chi connectivity index (χ3n) is 4.06. The van der Waals surface area contributed by atoms with Gasteiger partial charge in [-0.25, -0.2) is 0 Å². The molecule has 1 aliphatic heterocycles. The highest BCUT2D eigenvalue weighted by Gasteiger charge is 2.33. The average molecular weight is 314 g/mol. The quantitative estimate of drug-likeness (QED) is 0.947. The molecule has 1 aromatic heterocycles. The summed E-state index contributed by atoms with van der Waals surface area (Å²) >= 11 is 1.38. The lowest BCUT2D eigenvalue weighted by molar-refractivity contribution is -0.118. The number of hydrogen-bond acceptors (Lipinski definition) is 3. The fraction of sp³-hybridized carbons (Fsp3) is 0.294. The van der Waals surface area contributed by atoms with Gasteiger partial charge in [-0.2, -0.15) is 0 Å². The Hall–Kier alpha value is -2.14. The zero-order valence-electron chi connectivity index (χ0n) is 12.6. The van der Waals surface area contributed by atoms with Gasteiger partial charge in [0.2, 0.25) is 5.91 Å². The van der Waals surface area contributed by atoms with Gasteiger partial charge in [-0.1, -0.05) is 12.1 Å². The number of nitrogens with one attached hydrogen (secondary N) is 1. The van der Waals surface area contributed by atoms with Crippen LogP contribution >= 0.6 is 11.3 Å². The molecular weight excluding hydrogens is 296 g/mol. The fourth-order valence-electron chi connectivity index (χ4n) is 2.60. The summed E-state index contributed by atoms with van der Waals surface area (Å²) in [6.45, 7) is 4.72. The number of amides is 2. The highest BCUT2D eigenvalue weighted by atomic mass is 32.1. The van der Waals surface area contributed by atoms with Crippen LogP contribution in [0.4, 0.5) is 5.69 Å². The van der Waals surface area contributed by atoms with Gasteiger partial charge in [-0.3, -0.25) is 9.59 Å². The summed E-state index contributed by atoms with van der Waals surface area (Å²) in [5.74, 6) is -0.205. The van der Waals surface area contributed by atoms with Gasteiger partial charge in [0.25, 0.3) is 5.91 Å². The van der Waals surface area contributed by atoms with Crippen molar-refractivity contribution < 1.29 is 9.59 Å². The molecule has 114 valence electrons. The van der Waals surface area contributed by atoms with E-state index in [1.165, 1.54) is 16.9 Å². The number of anilines is 1. The monoisotopic (exact) mass is 314 g/mol. The molecule has 1 saturated heterocycles. The van der Waals surface area contributed by atoms with Gasteiger partial charge in [0.15, 0.2) is 0 Å². The SMILES string of the molecule is Cc1ccc(N2CC[C@@H](NC(=O)c3cccs3)C2=O)cc1C. The van der Waals surface area contributed by atoms with Crippen molar-refractivity contribution >= 4 is 28.8 Å². The van der Waals surface area contributed by atoms with E-state index in [2.05, 4.69) is 12.2 Å². The van der Waals surface area contributed by atoms with Crippen LogP contribution in [0.15, 0.2) is 35.7 Å². The number of hydrogen-bond donors (Lipinski definition) is 1. The van der Waals surface area contributed by atoms with E-state index < -0.39 is 6.04 Å². The summed E-state index contributed by atoms with van der Waals surface area (Å²) in [5, 5.41) is 4.69. The Bertz CT molecular complexity index is 709. The summed E-state index contributed by atoms with van der Waals surface area (Å²) in [7, 11) is 0. The van der Waals surface area contributed by atoms with Crippen LogP contribution in [0, 0.1) is 13.8 Å². The van der Waals surface area contributed by atoms with Crippen molar-refractivity contribution in [2.24, 2.45) is 0 Å². The molecule has 0 unspecified atom stereocenters. The van der Waals surface area contributed by atoms with E-state index in [-0.39, 0.29) is 11.8 Å². The smallest absolute Gasteiger partial charge is 0.261 e. The average Bonchev–Trinajstić information content (AvgIpc) is 3.13. The van der Waals surface area contributed by atoms with Crippen molar-refractivity contribution in [3.05, 3.63) is 51.7 Å².